The molecule has 1 aromatic heterocycles. The summed E-state index contributed by atoms with van der Waals surface area (Å²) in [6.07, 6.45) is 0.641. The van der Waals surface area contributed by atoms with Crippen molar-refractivity contribution >= 4 is 0 Å². The van der Waals surface area contributed by atoms with Crippen molar-refractivity contribution in [2.45, 2.75) is 19.4 Å². The molecule has 2 aromatic rings. The first-order valence-electron chi connectivity index (χ1n) is 6.74. The van der Waals surface area contributed by atoms with Gasteiger partial charge in [0.15, 0.2) is 6.10 Å². The van der Waals surface area contributed by atoms with E-state index in [2.05, 4.69) is 0 Å². The topological polar surface area (TPSA) is 57.6 Å². The number of hydrogen-bond donors (Lipinski definition) is 1. The summed E-state index contributed by atoms with van der Waals surface area (Å²) in [6, 6.07) is 11.8. The fourth-order valence-electron chi connectivity index (χ4n) is 1.97. The molecule has 2 rings (SSSR count). The second-order valence-electron chi connectivity index (χ2n) is 4.68. The third-order valence-electron chi connectivity index (χ3n) is 3.09. The molecule has 20 heavy (non-hydrogen) atoms. The molecule has 1 aromatic carbocycles. The van der Waals surface area contributed by atoms with Gasteiger partial charge in [-0.3, -0.25) is 0 Å². The van der Waals surface area contributed by atoms with Gasteiger partial charge in [-0.2, -0.15) is 0 Å². The molecule has 4 nitrogen and oxygen atoms in total. The number of furan rings is 1. The van der Waals surface area contributed by atoms with Gasteiger partial charge in [0.25, 0.3) is 0 Å². The van der Waals surface area contributed by atoms with Crippen LogP contribution >= 0.6 is 0 Å². The van der Waals surface area contributed by atoms with E-state index in [0.717, 1.165) is 30.3 Å². The van der Waals surface area contributed by atoms with E-state index in [1.165, 1.54) is 5.56 Å². The molecule has 0 radical (unpaired) electrons. The number of hydrogen-bond acceptors (Lipinski definition) is 4. The van der Waals surface area contributed by atoms with Crippen molar-refractivity contribution in [3.05, 3.63) is 53.5 Å². The monoisotopic (exact) mass is 275 g/mol. The fraction of sp³-hybridized carbons (Fsp3) is 0.375. The number of aryl methyl sites for hydroxylation is 1. The Bertz CT molecular complexity index is 519. The molecule has 0 aliphatic rings. The van der Waals surface area contributed by atoms with Crippen LogP contribution in [0.25, 0.3) is 0 Å². The lowest BCUT2D eigenvalue weighted by atomic mass is 10.1. The molecule has 0 saturated carbocycles. The normalized spacial score (nSPS) is 12.3. The molecule has 0 bridgehead atoms. The standard InChI is InChI=1S/C16H21NO3/c1-12-3-8-15(19-12)16(11-17)20-14-6-4-13(5-7-14)9-10-18-2/h3-8,16H,9-11,17H2,1-2H3. The molecular weight excluding hydrogens is 254 g/mol. The zero-order valence-electron chi connectivity index (χ0n) is 12.0. The fourth-order valence-corrected chi connectivity index (χ4v) is 1.97. The Morgan fingerprint density at radius 1 is 1.15 bits per heavy atom. The summed E-state index contributed by atoms with van der Waals surface area (Å²) in [5.74, 6) is 2.40. The van der Waals surface area contributed by atoms with Crippen molar-refractivity contribution in [2.75, 3.05) is 20.3 Å². The number of methoxy groups -OCH3 is 1. The second kappa shape index (κ2) is 7.12. The van der Waals surface area contributed by atoms with Crippen molar-refractivity contribution in [2.24, 2.45) is 5.73 Å². The van der Waals surface area contributed by atoms with Crippen LogP contribution < -0.4 is 10.5 Å². The maximum absolute atomic E-state index is 5.87. The van der Waals surface area contributed by atoms with Crippen molar-refractivity contribution < 1.29 is 13.9 Å². The van der Waals surface area contributed by atoms with Gasteiger partial charge >= 0.3 is 0 Å². The van der Waals surface area contributed by atoms with Crippen LogP contribution in [0.3, 0.4) is 0 Å². The molecule has 1 unspecified atom stereocenters. The van der Waals surface area contributed by atoms with Crippen molar-refractivity contribution in [3.8, 4) is 5.75 Å². The van der Waals surface area contributed by atoms with Crippen LogP contribution in [-0.2, 0) is 11.2 Å². The minimum absolute atomic E-state index is 0.256. The smallest absolute Gasteiger partial charge is 0.168 e. The predicted octanol–water partition coefficient (Wildman–Crippen LogP) is 2.86. The zero-order valence-corrected chi connectivity index (χ0v) is 12.0. The van der Waals surface area contributed by atoms with Gasteiger partial charge in [0.2, 0.25) is 0 Å². The SMILES string of the molecule is COCCc1ccc(OC(CN)c2ccc(C)o2)cc1. The highest BCUT2D eigenvalue weighted by atomic mass is 16.5. The molecule has 0 saturated heterocycles. The van der Waals surface area contributed by atoms with E-state index in [9.17, 15) is 0 Å². The Balaban J connectivity index is 2.00. The van der Waals surface area contributed by atoms with E-state index in [-0.39, 0.29) is 6.10 Å². The summed E-state index contributed by atoms with van der Waals surface area (Å²) in [5, 5.41) is 0. The molecule has 4 heteroatoms. The summed E-state index contributed by atoms with van der Waals surface area (Å²) in [5.41, 5.74) is 6.98. The van der Waals surface area contributed by atoms with Crippen LogP contribution in [0, 0.1) is 6.92 Å². The lowest BCUT2D eigenvalue weighted by molar-refractivity contribution is 0.182. The predicted molar refractivity (Wildman–Crippen MR) is 77.9 cm³/mol. The summed E-state index contributed by atoms with van der Waals surface area (Å²) >= 11 is 0. The third kappa shape index (κ3) is 3.85. The van der Waals surface area contributed by atoms with Crippen LogP contribution in [-0.4, -0.2) is 20.3 Å². The van der Waals surface area contributed by atoms with Crippen molar-refractivity contribution in [1.82, 2.24) is 0 Å². The Hall–Kier alpha value is -1.78. The Kier molecular flexibility index (Phi) is 5.21. The van der Waals surface area contributed by atoms with Crippen LogP contribution in [0.1, 0.15) is 23.2 Å². The average Bonchev–Trinajstić information content (AvgIpc) is 2.90. The molecule has 0 fully saturated rings. The van der Waals surface area contributed by atoms with Gasteiger partial charge in [-0.1, -0.05) is 12.1 Å². The van der Waals surface area contributed by atoms with Crippen LogP contribution in [0.2, 0.25) is 0 Å². The summed E-state index contributed by atoms with van der Waals surface area (Å²) < 4.78 is 16.5. The molecule has 108 valence electrons. The van der Waals surface area contributed by atoms with E-state index in [0.29, 0.717) is 6.54 Å². The maximum Gasteiger partial charge on any atom is 0.168 e. The first-order valence-corrected chi connectivity index (χ1v) is 6.74. The Morgan fingerprint density at radius 3 is 2.45 bits per heavy atom. The molecule has 0 spiro atoms. The van der Waals surface area contributed by atoms with Crippen molar-refractivity contribution in [1.29, 1.82) is 0 Å². The lowest BCUT2D eigenvalue weighted by Gasteiger charge is -2.15. The Labute approximate surface area is 119 Å². The molecule has 1 atom stereocenters. The lowest BCUT2D eigenvalue weighted by Crippen LogP contribution is -2.17. The first kappa shape index (κ1) is 14.6. The zero-order chi connectivity index (χ0) is 14.4. The van der Waals surface area contributed by atoms with Crippen LogP contribution in [0.15, 0.2) is 40.8 Å². The second-order valence-corrected chi connectivity index (χ2v) is 4.68. The molecule has 0 aliphatic heterocycles. The molecular formula is C16H21NO3. The number of rotatable bonds is 7. The van der Waals surface area contributed by atoms with E-state index in [4.69, 9.17) is 19.6 Å². The van der Waals surface area contributed by atoms with E-state index < -0.39 is 0 Å². The quantitative estimate of drug-likeness (QED) is 0.844. The third-order valence-corrected chi connectivity index (χ3v) is 3.09. The maximum atomic E-state index is 5.87. The highest BCUT2D eigenvalue weighted by Gasteiger charge is 2.15. The van der Waals surface area contributed by atoms with Gasteiger partial charge in [0.05, 0.1) is 6.61 Å². The molecule has 0 aliphatic carbocycles. The van der Waals surface area contributed by atoms with Gasteiger partial charge in [-0.05, 0) is 43.2 Å². The highest BCUT2D eigenvalue weighted by Crippen LogP contribution is 2.23. The van der Waals surface area contributed by atoms with E-state index in [1.807, 2.05) is 43.3 Å². The number of benzene rings is 1. The Morgan fingerprint density at radius 2 is 1.90 bits per heavy atom. The molecule has 1 heterocycles. The largest absolute Gasteiger partial charge is 0.481 e. The van der Waals surface area contributed by atoms with Crippen molar-refractivity contribution in [3.63, 3.8) is 0 Å². The summed E-state index contributed by atoms with van der Waals surface area (Å²) in [4.78, 5) is 0. The van der Waals surface area contributed by atoms with Gasteiger partial charge in [0.1, 0.15) is 17.3 Å². The molecule has 0 amide bonds. The van der Waals surface area contributed by atoms with E-state index >= 15 is 0 Å². The van der Waals surface area contributed by atoms with Crippen LogP contribution in [0.4, 0.5) is 0 Å². The highest BCUT2D eigenvalue weighted by molar-refractivity contribution is 5.28. The first-order chi connectivity index (χ1) is 9.72. The number of nitrogens with two attached hydrogens (primary N) is 1. The van der Waals surface area contributed by atoms with Gasteiger partial charge in [0, 0.05) is 13.7 Å². The minimum Gasteiger partial charge on any atom is -0.481 e. The summed E-state index contributed by atoms with van der Waals surface area (Å²) in [7, 11) is 1.70. The van der Waals surface area contributed by atoms with Gasteiger partial charge in [-0.15, -0.1) is 0 Å². The molecule has 2 N–H and O–H groups in total. The summed E-state index contributed by atoms with van der Waals surface area (Å²) in [6.45, 7) is 3.00. The van der Waals surface area contributed by atoms with E-state index in [1.54, 1.807) is 7.11 Å². The van der Waals surface area contributed by atoms with Gasteiger partial charge < -0.3 is 19.6 Å². The minimum atomic E-state index is -0.256. The van der Waals surface area contributed by atoms with Crippen LogP contribution in [0.5, 0.6) is 5.75 Å². The number of ether oxygens (including phenoxy) is 2. The average molecular weight is 275 g/mol. The van der Waals surface area contributed by atoms with Gasteiger partial charge in [-0.25, -0.2) is 0 Å².